The van der Waals surface area contributed by atoms with E-state index in [1.54, 1.807) is 17.8 Å². The predicted octanol–water partition coefficient (Wildman–Crippen LogP) is 4.67. The number of aryl methyl sites for hydroxylation is 3. The Kier molecular flexibility index (Phi) is 4.86. The molecule has 7 heteroatoms. The Bertz CT molecular complexity index is 1250. The fourth-order valence-corrected chi connectivity index (χ4v) is 4.08. The van der Waals surface area contributed by atoms with Gasteiger partial charge in [0.05, 0.1) is 16.9 Å². The SMILES string of the molecule is Cc1nc(-c2ccc(-n3cc(C(=O)Nc4cccc5c4CCCC5)c(C)n3)cc2)no1. The number of hydrogen-bond acceptors (Lipinski definition) is 5. The van der Waals surface area contributed by atoms with Crippen LogP contribution in [0, 0.1) is 13.8 Å². The van der Waals surface area contributed by atoms with E-state index in [2.05, 4.69) is 26.6 Å². The Balaban J connectivity index is 1.38. The van der Waals surface area contributed by atoms with Crippen LogP contribution < -0.4 is 5.32 Å². The van der Waals surface area contributed by atoms with Gasteiger partial charge in [-0.2, -0.15) is 10.1 Å². The summed E-state index contributed by atoms with van der Waals surface area (Å²) >= 11 is 0. The molecule has 0 unspecified atom stereocenters. The summed E-state index contributed by atoms with van der Waals surface area (Å²) in [7, 11) is 0. The molecule has 0 saturated carbocycles. The number of carbonyl (C=O) groups is 1. The number of amides is 1. The zero-order valence-electron chi connectivity index (χ0n) is 17.6. The molecule has 0 atom stereocenters. The van der Waals surface area contributed by atoms with Gasteiger partial charge in [-0.15, -0.1) is 0 Å². The minimum atomic E-state index is -0.137. The molecule has 156 valence electrons. The van der Waals surface area contributed by atoms with Crippen molar-refractivity contribution in [1.29, 1.82) is 0 Å². The second-order valence-electron chi connectivity index (χ2n) is 7.86. The Morgan fingerprint density at radius 2 is 1.87 bits per heavy atom. The first kappa shape index (κ1) is 19.2. The van der Waals surface area contributed by atoms with Crippen LogP contribution in [0.25, 0.3) is 17.1 Å². The van der Waals surface area contributed by atoms with Crippen molar-refractivity contribution in [2.45, 2.75) is 39.5 Å². The fraction of sp³-hybridized carbons (Fsp3) is 0.250. The normalized spacial score (nSPS) is 13.1. The van der Waals surface area contributed by atoms with Gasteiger partial charge in [0.2, 0.25) is 11.7 Å². The summed E-state index contributed by atoms with van der Waals surface area (Å²) in [5.74, 6) is 0.936. The first-order chi connectivity index (χ1) is 15.1. The standard InChI is InChI=1S/C24H23N5O2/c1-15-21(24(30)26-22-9-5-7-17-6-3-4-8-20(17)22)14-29(27-15)19-12-10-18(11-13-19)23-25-16(2)31-28-23/h5,7,9-14H,3-4,6,8H2,1-2H3,(H,26,30). The van der Waals surface area contributed by atoms with Crippen LogP contribution in [-0.2, 0) is 12.8 Å². The van der Waals surface area contributed by atoms with Crippen LogP contribution in [0.1, 0.15) is 45.9 Å². The smallest absolute Gasteiger partial charge is 0.259 e. The number of hydrogen-bond donors (Lipinski definition) is 1. The predicted molar refractivity (Wildman–Crippen MR) is 117 cm³/mol. The zero-order chi connectivity index (χ0) is 21.4. The summed E-state index contributed by atoms with van der Waals surface area (Å²) in [5, 5.41) is 11.6. The number of rotatable bonds is 4. The second kappa shape index (κ2) is 7.83. The monoisotopic (exact) mass is 413 g/mol. The van der Waals surface area contributed by atoms with Gasteiger partial charge in [0.25, 0.3) is 5.91 Å². The van der Waals surface area contributed by atoms with Gasteiger partial charge in [0.15, 0.2) is 0 Å². The lowest BCUT2D eigenvalue weighted by atomic mass is 9.90. The van der Waals surface area contributed by atoms with Crippen LogP contribution in [0.15, 0.2) is 53.2 Å². The number of anilines is 1. The van der Waals surface area contributed by atoms with Crippen LogP contribution in [-0.4, -0.2) is 25.8 Å². The highest BCUT2D eigenvalue weighted by atomic mass is 16.5. The van der Waals surface area contributed by atoms with Gasteiger partial charge < -0.3 is 9.84 Å². The van der Waals surface area contributed by atoms with E-state index >= 15 is 0 Å². The third-order valence-corrected chi connectivity index (χ3v) is 5.71. The lowest BCUT2D eigenvalue weighted by molar-refractivity contribution is 0.102. The van der Waals surface area contributed by atoms with Crippen LogP contribution in [0.5, 0.6) is 0 Å². The van der Waals surface area contributed by atoms with E-state index in [-0.39, 0.29) is 5.91 Å². The Morgan fingerprint density at radius 1 is 1.06 bits per heavy atom. The Morgan fingerprint density at radius 3 is 2.65 bits per heavy atom. The van der Waals surface area contributed by atoms with Gasteiger partial charge >= 0.3 is 0 Å². The summed E-state index contributed by atoms with van der Waals surface area (Å²) in [5.41, 5.74) is 6.47. The fourth-order valence-electron chi connectivity index (χ4n) is 4.08. The molecule has 0 bridgehead atoms. The Hall–Kier alpha value is -3.74. The van der Waals surface area contributed by atoms with E-state index < -0.39 is 0 Å². The third kappa shape index (κ3) is 3.74. The maximum atomic E-state index is 13.0. The van der Waals surface area contributed by atoms with Crippen LogP contribution in [0.3, 0.4) is 0 Å². The van der Waals surface area contributed by atoms with Gasteiger partial charge in [-0.3, -0.25) is 4.79 Å². The highest BCUT2D eigenvalue weighted by Crippen LogP contribution is 2.28. The van der Waals surface area contributed by atoms with E-state index in [1.165, 1.54) is 17.5 Å². The molecule has 0 radical (unpaired) electrons. The topological polar surface area (TPSA) is 85.8 Å². The molecule has 31 heavy (non-hydrogen) atoms. The van der Waals surface area contributed by atoms with Crippen LogP contribution >= 0.6 is 0 Å². The average molecular weight is 413 g/mol. The average Bonchev–Trinajstić information content (AvgIpc) is 3.40. The summed E-state index contributed by atoms with van der Waals surface area (Å²) in [6, 6.07) is 13.8. The molecule has 7 nitrogen and oxygen atoms in total. The van der Waals surface area contributed by atoms with Crippen molar-refractivity contribution in [3.05, 3.63) is 76.9 Å². The minimum absolute atomic E-state index is 0.137. The van der Waals surface area contributed by atoms with Crippen LogP contribution in [0.2, 0.25) is 0 Å². The molecular weight excluding hydrogens is 390 g/mol. The van der Waals surface area contributed by atoms with E-state index in [1.807, 2.05) is 43.3 Å². The van der Waals surface area contributed by atoms with Gasteiger partial charge in [0.1, 0.15) is 0 Å². The van der Waals surface area contributed by atoms with Crippen molar-refractivity contribution in [2.75, 3.05) is 5.32 Å². The lowest BCUT2D eigenvalue weighted by Gasteiger charge is -2.19. The molecule has 1 aliphatic rings. The molecule has 5 rings (SSSR count). The van der Waals surface area contributed by atoms with E-state index in [9.17, 15) is 4.79 Å². The molecule has 2 aromatic carbocycles. The number of aromatic nitrogens is 4. The summed E-state index contributed by atoms with van der Waals surface area (Å²) in [4.78, 5) is 17.3. The lowest BCUT2D eigenvalue weighted by Crippen LogP contribution is -2.15. The van der Waals surface area contributed by atoms with E-state index in [0.717, 1.165) is 36.2 Å². The van der Waals surface area contributed by atoms with E-state index in [4.69, 9.17) is 4.52 Å². The number of carbonyl (C=O) groups excluding carboxylic acids is 1. The highest BCUT2D eigenvalue weighted by molar-refractivity contribution is 6.05. The van der Waals surface area contributed by atoms with Crippen molar-refractivity contribution in [3.63, 3.8) is 0 Å². The first-order valence-corrected chi connectivity index (χ1v) is 10.5. The Labute approximate surface area is 180 Å². The molecule has 4 aromatic rings. The third-order valence-electron chi connectivity index (χ3n) is 5.71. The molecular formula is C24H23N5O2. The molecule has 1 aliphatic carbocycles. The second-order valence-corrected chi connectivity index (χ2v) is 7.86. The summed E-state index contributed by atoms with van der Waals surface area (Å²) in [6.45, 7) is 3.61. The quantitative estimate of drug-likeness (QED) is 0.525. The molecule has 0 aliphatic heterocycles. The first-order valence-electron chi connectivity index (χ1n) is 10.5. The van der Waals surface area contributed by atoms with Crippen molar-refractivity contribution < 1.29 is 9.32 Å². The number of nitrogens with one attached hydrogen (secondary N) is 1. The molecule has 1 N–H and O–H groups in total. The van der Waals surface area contributed by atoms with Gasteiger partial charge in [-0.25, -0.2) is 4.68 Å². The molecule has 2 heterocycles. The molecule has 1 amide bonds. The van der Waals surface area contributed by atoms with Crippen molar-refractivity contribution in [2.24, 2.45) is 0 Å². The molecule has 0 saturated heterocycles. The van der Waals surface area contributed by atoms with Gasteiger partial charge in [-0.05, 0) is 74.1 Å². The maximum Gasteiger partial charge on any atom is 0.259 e. The number of fused-ring (bicyclic) bond motifs is 1. The van der Waals surface area contributed by atoms with Crippen molar-refractivity contribution >= 4 is 11.6 Å². The molecule has 0 fully saturated rings. The van der Waals surface area contributed by atoms with Crippen molar-refractivity contribution in [1.82, 2.24) is 19.9 Å². The minimum Gasteiger partial charge on any atom is -0.339 e. The van der Waals surface area contributed by atoms with Crippen LogP contribution in [0.4, 0.5) is 5.69 Å². The van der Waals surface area contributed by atoms with Gasteiger partial charge in [-0.1, -0.05) is 17.3 Å². The molecule has 2 aromatic heterocycles. The zero-order valence-corrected chi connectivity index (χ0v) is 17.6. The van der Waals surface area contributed by atoms with Crippen molar-refractivity contribution in [3.8, 4) is 17.1 Å². The summed E-state index contributed by atoms with van der Waals surface area (Å²) < 4.78 is 6.76. The molecule has 0 spiro atoms. The summed E-state index contributed by atoms with van der Waals surface area (Å²) in [6.07, 6.45) is 6.23. The number of benzene rings is 2. The van der Waals surface area contributed by atoms with Gasteiger partial charge in [0, 0.05) is 24.4 Å². The van der Waals surface area contributed by atoms with E-state index in [0.29, 0.717) is 23.0 Å². The number of nitrogens with zero attached hydrogens (tertiary/aromatic N) is 4. The maximum absolute atomic E-state index is 13.0. The largest absolute Gasteiger partial charge is 0.339 e. The highest BCUT2D eigenvalue weighted by Gasteiger charge is 2.18.